The van der Waals surface area contributed by atoms with Crippen molar-refractivity contribution in [3.63, 3.8) is 0 Å². The zero-order chi connectivity index (χ0) is 15.1. The largest absolute Gasteiger partial charge is 0.481 e. The number of nitrogens with one attached hydrogen (secondary N) is 2. The quantitative estimate of drug-likeness (QED) is 0.709. The minimum atomic E-state index is -0.930. The minimum absolute atomic E-state index is 0.0895. The Balaban J connectivity index is 2.50. The molecule has 1 aromatic heterocycles. The third kappa shape index (κ3) is 5.29. The van der Waals surface area contributed by atoms with Crippen molar-refractivity contribution in [2.24, 2.45) is 0 Å². The van der Waals surface area contributed by atoms with Crippen LogP contribution in [0.2, 0.25) is 0 Å². The Morgan fingerprint density at radius 3 is 2.65 bits per heavy atom. The second kappa shape index (κ2) is 7.52. The molecule has 2 atom stereocenters. The second-order valence-electron chi connectivity index (χ2n) is 4.73. The van der Waals surface area contributed by atoms with Gasteiger partial charge < -0.3 is 20.2 Å². The Labute approximate surface area is 117 Å². The first-order valence-corrected chi connectivity index (χ1v) is 6.63. The van der Waals surface area contributed by atoms with Gasteiger partial charge in [0.05, 0.1) is 12.6 Å². The maximum absolute atomic E-state index is 11.8. The number of carbonyl (C=O) groups is 2. The molecule has 7 heteroatoms. The molecule has 3 N–H and O–H groups in total. The standard InChI is InChI=1S/C13H21N3O4/c1-4-5-10(6-11(17)18)16-13(19)15-9(3)12-14-7-8(2)20-12/h7,9-10H,4-6H2,1-3H3,(H,17,18)(H2,15,16,19). The van der Waals surface area contributed by atoms with Crippen molar-refractivity contribution in [3.05, 3.63) is 17.8 Å². The van der Waals surface area contributed by atoms with Crippen LogP contribution in [0.4, 0.5) is 4.79 Å². The van der Waals surface area contributed by atoms with E-state index in [0.717, 1.165) is 6.42 Å². The molecule has 1 rings (SSSR count). The molecule has 0 saturated heterocycles. The van der Waals surface area contributed by atoms with Gasteiger partial charge in [-0.3, -0.25) is 4.79 Å². The lowest BCUT2D eigenvalue weighted by Crippen LogP contribution is -2.43. The van der Waals surface area contributed by atoms with Gasteiger partial charge >= 0.3 is 12.0 Å². The van der Waals surface area contributed by atoms with Crippen LogP contribution in [0.5, 0.6) is 0 Å². The van der Waals surface area contributed by atoms with E-state index < -0.39 is 12.0 Å². The highest BCUT2D eigenvalue weighted by molar-refractivity contribution is 5.76. The summed E-state index contributed by atoms with van der Waals surface area (Å²) in [4.78, 5) is 26.6. The summed E-state index contributed by atoms with van der Waals surface area (Å²) in [6, 6.07) is -1.18. The van der Waals surface area contributed by atoms with Gasteiger partial charge in [0.2, 0.25) is 5.89 Å². The van der Waals surface area contributed by atoms with E-state index in [9.17, 15) is 9.59 Å². The van der Waals surface area contributed by atoms with Gasteiger partial charge in [0.25, 0.3) is 0 Å². The molecule has 0 radical (unpaired) electrons. The summed E-state index contributed by atoms with van der Waals surface area (Å²) in [6.07, 6.45) is 2.91. The van der Waals surface area contributed by atoms with Gasteiger partial charge in [-0.2, -0.15) is 0 Å². The lowest BCUT2D eigenvalue weighted by molar-refractivity contribution is -0.137. The highest BCUT2D eigenvalue weighted by atomic mass is 16.4. The first-order valence-electron chi connectivity index (χ1n) is 6.63. The van der Waals surface area contributed by atoms with Crippen LogP contribution >= 0.6 is 0 Å². The van der Waals surface area contributed by atoms with Crippen molar-refractivity contribution in [1.29, 1.82) is 0 Å². The maximum atomic E-state index is 11.8. The van der Waals surface area contributed by atoms with Crippen LogP contribution in [0.1, 0.15) is 50.8 Å². The van der Waals surface area contributed by atoms with Gasteiger partial charge in [-0.25, -0.2) is 9.78 Å². The fourth-order valence-electron chi connectivity index (χ4n) is 1.84. The molecule has 20 heavy (non-hydrogen) atoms. The van der Waals surface area contributed by atoms with Crippen molar-refractivity contribution < 1.29 is 19.1 Å². The van der Waals surface area contributed by atoms with Gasteiger partial charge in [-0.1, -0.05) is 13.3 Å². The van der Waals surface area contributed by atoms with Gasteiger partial charge in [-0.15, -0.1) is 0 Å². The first-order chi connectivity index (χ1) is 9.42. The van der Waals surface area contributed by atoms with E-state index in [2.05, 4.69) is 15.6 Å². The number of aliphatic carboxylic acids is 1. The highest BCUT2D eigenvalue weighted by Gasteiger charge is 2.18. The zero-order valence-electron chi connectivity index (χ0n) is 12.0. The molecule has 0 aliphatic heterocycles. The maximum Gasteiger partial charge on any atom is 0.315 e. The fraction of sp³-hybridized carbons (Fsp3) is 0.615. The van der Waals surface area contributed by atoms with Crippen molar-refractivity contribution in [3.8, 4) is 0 Å². The number of aromatic nitrogens is 1. The molecule has 1 heterocycles. The normalized spacial score (nSPS) is 13.6. The molecule has 0 saturated carbocycles. The van der Waals surface area contributed by atoms with Crippen LogP contribution in [0.25, 0.3) is 0 Å². The summed E-state index contributed by atoms with van der Waals surface area (Å²) in [5, 5.41) is 14.1. The third-order valence-corrected chi connectivity index (χ3v) is 2.75. The first kappa shape index (κ1) is 16.0. The molecule has 112 valence electrons. The summed E-state index contributed by atoms with van der Waals surface area (Å²) in [5.74, 6) is 0.159. The Morgan fingerprint density at radius 2 is 2.15 bits per heavy atom. The van der Waals surface area contributed by atoms with E-state index in [0.29, 0.717) is 18.1 Å². The Hall–Kier alpha value is -2.05. The molecular weight excluding hydrogens is 262 g/mol. The molecule has 0 bridgehead atoms. The molecule has 1 aromatic rings. The number of carboxylic acids is 1. The molecular formula is C13H21N3O4. The number of rotatable bonds is 7. The van der Waals surface area contributed by atoms with Crippen molar-refractivity contribution in [2.45, 2.75) is 52.1 Å². The monoisotopic (exact) mass is 283 g/mol. The Bertz CT molecular complexity index is 458. The third-order valence-electron chi connectivity index (χ3n) is 2.75. The summed E-state index contributed by atoms with van der Waals surface area (Å²) >= 11 is 0. The van der Waals surface area contributed by atoms with Crippen LogP contribution in [0.15, 0.2) is 10.6 Å². The molecule has 0 aliphatic carbocycles. The number of aryl methyl sites for hydroxylation is 1. The molecule has 7 nitrogen and oxygen atoms in total. The molecule has 0 aromatic carbocycles. The lowest BCUT2D eigenvalue weighted by atomic mass is 10.1. The van der Waals surface area contributed by atoms with E-state index in [-0.39, 0.29) is 18.5 Å². The van der Waals surface area contributed by atoms with Crippen LogP contribution in [-0.2, 0) is 4.79 Å². The van der Waals surface area contributed by atoms with Crippen LogP contribution in [-0.4, -0.2) is 28.1 Å². The average Bonchev–Trinajstić information content (AvgIpc) is 2.75. The molecule has 0 fully saturated rings. The van der Waals surface area contributed by atoms with Crippen molar-refractivity contribution in [2.75, 3.05) is 0 Å². The SMILES string of the molecule is CCCC(CC(=O)O)NC(=O)NC(C)c1ncc(C)o1. The van der Waals surface area contributed by atoms with E-state index in [1.807, 2.05) is 6.92 Å². The lowest BCUT2D eigenvalue weighted by Gasteiger charge is -2.18. The van der Waals surface area contributed by atoms with Crippen LogP contribution in [0, 0.1) is 6.92 Å². The van der Waals surface area contributed by atoms with Crippen LogP contribution in [0.3, 0.4) is 0 Å². The zero-order valence-corrected chi connectivity index (χ0v) is 12.0. The van der Waals surface area contributed by atoms with Gasteiger partial charge in [0.15, 0.2) is 0 Å². The van der Waals surface area contributed by atoms with E-state index in [4.69, 9.17) is 9.52 Å². The number of hydrogen-bond donors (Lipinski definition) is 3. The van der Waals surface area contributed by atoms with Gasteiger partial charge in [-0.05, 0) is 20.3 Å². The molecule has 0 aliphatic rings. The van der Waals surface area contributed by atoms with Crippen molar-refractivity contribution >= 4 is 12.0 Å². The molecule has 2 unspecified atom stereocenters. The Morgan fingerprint density at radius 1 is 1.45 bits per heavy atom. The number of hydrogen-bond acceptors (Lipinski definition) is 4. The topological polar surface area (TPSA) is 104 Å². The summed E-state index contributed by atoms with van der Waals surface area (Å²) in [6.45, 7) is 5.46. The number of oxazole rings is 1. The van der Waals surface area contributed by atoms with Crippen molar-refractivity contribution in [1.82, 2.24) is 15.6 Å². The predicted molar refractivity (Wildman–Crippen MR) is 72.3 cm³/mol. The fourth-order valence-corrected chi connectivity index (χ4v) is 1.84. The number of urea groups is 1. The number of carboxylic acid groups (broad SMARTS) is 1. The van der Waals surface area contributed by atoms with E-state index >= 15 is 0 Å². The number of carbonyl (C=O) groups excluding carboxylic acids is 1. The minimum Gasteiger partial charge on any atom is -0.481 e. The number of nitrogens with zero attached hydrogens (tertiary/aromatic N) is 1. The molecule has 0 spiro atoms. The summed E-state index contributed by atoms with van der Waals surface area (Å²) < 4.78 is 5.32. The van der Waals surface area contributed by atoms with Gasteiger partial charge in [0.1, 0.15) is 11.8 Å². The summed E-state index contributed by atoms with van der Waals surface area (Å²) in [5.41, 5.74) is 0. The van der Waals surface area contributed by atoms with Crippen LogP contribution < -0.4 is 10.6 Å². The smallest absolute Gasteiger partial charge is 0.315 e. The molecule has 2 amide bonds. The predicted octanol–water partition coefficient (Wildman–Crippen LogP) is 1.99. The van der Waals surface area contributed by atoms with Gasteiger partial charge in [0, 0.05) is 6.04 Å². The number of amides is 2. The highest BCUT2D eigenvalue weighted by Crippen LogP contribution is 2.11. The van der Waals surface area contributed by atoms with E-state index in [1.54, 1.807) is 20.0 Å². The van der Waals surface area contributed by atoms with E-state index in [1.165, 1.54) is 0 Å². The Kier molecular flexibility index (Phi) is 6.02. The summed E-state index contributed by atoms with van der Waals surface area (Å²) in [7, 11) is 0. The average molecular weight is 283 g/mol. The second-order valence-corrected chi connectivity index (χ2v) is 4.73.